The second-order valence-electron chi connectivity index (χ2n) is 52.1. The Labute approximate surface area is 746 Å². The van der Waals surface area contributed by atoms with E-state index >= 15 is 0 Å². The molecule has 8 N–H and O–H groups in total. The van der Waals surface area contributed by atoms with Crippen molar-refractivity contribution < 1.29 is 40.9 Å². The van der Waals surface area contributed by atoms with Crippen LogP contribution in [-0.2, 0) is 0 Å². The third-order valence-electron chi connectivity index (χ3n) is 29.0. The monoisotopic (exact) mass is 1680 g/mol. The lowest BCUT2D eigenvalue weighted by molar-refractivity contribution is 0.0963. The molecule has 0 aromatic heterocycles. The van der Waals surface area contributed by atoms with Crippen LogP contribution in [0.2, 0.25) is 0 Å². The van der Waals surface area contributed by atoms with Crippen LogP contribution in [-0.4, -0.2) is 89.7 Å². The standard InChI is InChI=1S/C114H180O8/c1-67(2)35-70(7)73-37-76-43-77-39-74(71(8)36-68(3)4)40-79(98(77)116)45-82-53-93(111(27,28)63-106(13,14)15)57-88(100(82)118)49-89-58-96(114(33,34)66-109(22,23)24)60-91(104(89)122)50-90-59-95(113(31,32)65-108(19,20)21)56-87(103(90)121)48-85-52-92(110(25,26)61-69(5)6)51-84(102(85)120)47-86-55-94(112(29,30)64-107(16,17)18)54-83(101(86)119)46-81-42-75(72(9)62-105(10,11)12)41-80(99(81)117)44-78(38-73)97(76)115/h37-42,51-60,67-72,76,79-80,82,85-87,89,97-104,115-122H,35-36,43-50,61-66H2,1-34H3/t70-,71-,72+,76?,79?,80?,82?,85?,86?,87?,89?,97?,98?,99?,100?,101?,102?,103?,104?/m0/s1. The summed E-state index contributed by atoms with van der Waals surface area (Å²) in [7, 11) is 0. The Balaban J connectivity index is 1.29. The second-order valence-corrected chi connectivity index (χ2v) is 52.1. The van der Waals surface area contributed by atoms with Crippen LogP contribution in [0.15, 0.2) is 186 Å². The molecule has 1 saturated carbocycles. The maximum Gasteiger partial charge on any atom is 0.0822 e. The number of hydrogen-bond donors (Lipinski definition) is 8. The molecule has 0 aliphatic heterocycles. The molecule has 9 aliphatic carbocycles. The molecule has 0 spiro atoms. The summed E-state index contributed by atoms with van der Waals surface area (Å²) in [6, 6.07) is 0. The summed E-state index contributed by atoms with van der Waals surface area (Å²) in [6.45, 7) is 78.6. The SMILES string of the molecule is CC(C)C[C@H](C)C1=CC2CC3=CC([C@@H](C)CC(C)C)=CC(CC4C=C(C(C)(C)CC(C)(C)C)C=C(CC5C=C(C(C)(C)CC(C)(C)C)C=C(CC6=CC(C(C)(C)CC(C)(C)C)=CC(CC7C=C(C(C)(C)CC(C)C)C=C(CC8C=C(C(C)(C)CC(C)(C)C)C=C(CC9=CC([C@H](C)CC(C)(C)C)=CC(CC(=C1)C2O)C9O)C8O)C7O)C6O)C5O)C4O)C3O. The molecule has 0 heterocycles. The highest BCUT2D eigenvalue weighted by Crippen LogP contribution is 2.55. The normalized spacial score (nSPS) is 30.3. The lowest BCUT2D eigenvalue weighted by Gasteiger charge is -2.42. The van der Waals surface area contributed by atoms with E-state index < -0.39 is 84.3 Å². The van der Waals surface area contributed by atoms with E-state index in [2.05, 4.69) is 333 Å². The fourth-order valence-corrected chi connectivity index (χ4v) is 25.1. The molecule has 0 aromatic carbocycles. The van der Waals surface area contributed by atoms with Crippen LogP contribution in [0.25, 0.3) is 0 Å². The number of aliphatic hydroxyl groups excluding tert-OH is 8. The van der Waals surface area contributed by atoms with Crippen molar-refractivity contribution >= 4 is 0 Å². The molecular formula is C114H180O8. The van der Waals surface area contributed by atoms with Gasteiger partial charge in [0.05, 0.1) is 48.8 Å². The highest BCUT2D eigenvalue weighted by Gasteiger charge is 2.47. The Morgan fingerprint density at radius 3 is 0.738 bits per heavy atom. The molecule has 16 bridgehead atoms. The lowest BCUT2D eigenvalue weighted by Crippen LogP contribution is -2.37. The van der Waals surface area contributed by atoms with E-state index in [9.17, 15) is 40.9 Å². The highest BCUT2D eigenvalue weighted by molar-refractivity contribution is 5.49. The van der Waals surface area contributed by atoms with Gasteiger partial charge in [0.1, 0.15) is 0 Å². The number of hydrogen-bond acceptors (Lipinski definition) is 8. The predicted octanol–water partition coefficient (Wildman–Crippen LogP) is 27.2. The van der Waals surface area contributed by atoms with Crippen molar-refractivity contribution in [3.8, 4) is 0 Å². The van der Waals surface area contributed by atoms with Crippen LogP contribution in [0.4, 0.5) is 0 Å². The van der Waals surface area contributed by atoms with Crippen LogP contribution in [0.3, 0.4) is 0 Å². The van der Waals surface area contributed by atoms with Gasteiger partial charge in [-0.1, -0.05) is 333 Å². The van der Waals surface area contributed by atoms with Crippen molar-refractivity contribution in [3.63, 3.8) is 0 Å². The van der Waals surface area contributed by atoms with Crippen molar-refractivity contribution in [2.24, 2.45) is 137 Å². The van der Waals surface area contributed by atoms with E-state index in [1.54, 1.807) is 0 Å². The summed E-state index contributed by atoms with van der Waals surface area (Å²) in [6.07, 6.45) is 39.8. The predicted molar refractivity (Wildman–Crippen MR) is 517 cm³/mol. The van der Waals surface area contributed by atoms with Gasteiger partial charge in [0.15, 0.2) is 0 Å². The molecule has 19 atom stereocenters. The zero-order valence-electron chi connectivity index (χ0n) is 83.8. The molecule has 0 amide bonds. The number of rotatable bonds is 19. The van der Waals surface area contributed by atoms with Crippen molar-refractivity contribution in [2.75, 3.05) is 0 Å². The van der Waals surface area contributed by atoms with Crippen molar-refractivity contribution in [2.45, 2.75) is 387 Å². The van der Waals surface area contributed by atoms with Crippen molar-refractivity contribution in [1.82, 2.24) is 0 Å². The molecule has 8 nitrogen and oxygen atoms in total. The van der Waals surface area contributed by atoms with Gasteiger partial charge in [-0.3, -0.25) is 0 Å². The third kappa shape index (κ3) is 26.4. The van der Waals surface area contributed by atoms with Gasteiger partial charge in [-0.15, -0.1) is 0 Å². The average molecular weight is 1680 g/mol. The summed E-state index contributed by atoms with van der Waals surface area (Å²) in [4.78, 5) is 0. The first-order valence-corrected chi connectivity index (χ1v) is 48.5. The Morgan fingerprint density at radius 2 is 0.451 bits per heavy atom. The van der Waals surface area contributed by atoms with Crippen LogP contribution in [0, 0.1) is 137 Å². The Kier molecular flexibility index (Phi) is 31.8. The van der Waals surface area contributed by atoms with Gasteiger partial charge in [-0.2, -0.15) is 0 Å². The zero-order valence-corrected chi connectivity index (χ0v) is 83.8. The van der Waals surface area contributed by atoms with Gasteiger partial charge in [0.2, 0.25) is 0 Å². The van der Waals surface area contributed by atoms with Gasteiger partial charge < -0.3 is 40.9 Å². The van der Waals surface area contributed by atoms with Crippen LogP contribution < -0.4 is 0 Å². The largest absolute Gasteiger partial charge is 0.388 e. The molecular weight excluding hydrogens is 1500 g/mol. The molecule has 8 heteroatoms. The molecule has 122 heavy (non-hydrogen) atoms. The fraction of sp³-hybridized carbons (Fsp3) is 0.719. The molecule has 9 rings (SSSR count). The number of allylic oxidation sites excluding steroid dienone is 16. The molecule has 16 unspecified atom stereocenters. The number of aliphatic hydroxyl groups is 8. The Hall–Kier alpha value is -4.48. The van der Waals surface area contributed by atoms with Crippen molar-refractivity contribution in [3.05, 3.63) is 186 Å². The van der Waals surface area contributed by atoms with E-state index in [4.69, 9.17) is 0 Å². The molecule has 684 valence electrons. The molecule has 0 saturated heterocycles. The molecule has 1 fully saturated rings. The van der Waals surface area contributed by atoms with E-state index in [-0.39, 0.29) is 83.7 Å². The topological polar surface area (TPSA) is 162 Å². The van der Waals surface area contributed by atoms with Gasteiger partial charge >= 0.3 is 0 Å². The minimum absolute atomic E-state index is 0.00286. The summed E-state index contributed by atoms with van der Waals surface area (Å²) < 4.78 is 0. The summed E-state index contributed by atoms with van der Waals surface area (Å²) >= 11 is 0. The fourth-order valence-electron chi connectivity index (χ4n) is 25.1. The zero-order chi connectivity index (χ0) is 91.6. The molecule has 0 aromatic rings. The highest BCUT2D eigenvalue weighted by atomic mass is 16.3. The van der Waals surface area contributed by atoms with Crippen LogP contribution in [0.5, 0.6) is 0 Å². The van der Waals surface area contributed by atoms with Gasteiger partial charge in [-0.05, 0) is 282 Å². The lowest BCUT2D eigenvalue weighted by atomic mass is 9.64. The van der Waals surface area contributed by atoms with E-state index in [1.807, 2.05) is 0 Å². The smallest absolute Gasteiger partial charge is 0.0822 e. The van der Waals surface area contributed by atoms with E-state index in [0.29, 0.717) is 69.1 Å². The third-order valence-corrected chi connectivity index (χ3v) is 29.0. The minimum Gasteiger partial charge on any atom is -0.388 e. The summed E-state index contributed by atoms with van der Waals surface area (Å²) in [5.74, 6) is -1.56. The number of fused-ring (bicyclic) bond motifs is 16. The first kappa shape index (κ1) is 101. The summed E-state index contributed by atoms with van der Waals surface area (Å²) in [5, 5.41) is 109. The minimum atomic E-state index is -0.961. The van der Waals surface area contributed by atoms with Crippen molar-refractivity contribution in [1.29, 1.82) is 0 Å². The molecule has 9 aliphatic rings. The van der Waals surface area contributed by atoms with Crippen LogP contribution in [0.1, 0.15) is 338 Å². The van der Waals surface area contributed by atoms with Gasteiger partial charge in [0.25, 0.3) is 0 Å². The van der Waals surface area contributed by atoms with Gasteiger partial charge in [-0.25, -0.2) is 0 Å². The summed E-state index contributed by atoms with van der Waals surface area (Å²) in [5.41, 5.74) is 14.5. The second kappa shape index (κ2) is 38.3. The molecule has 0 radical (unpaired) electrons. The maximum atomic E-state index is 13.7. The van der Waals surface area contributed by atoms with E-state index in [0.717, 1.165) is 129 Å². The Bertz CT molecular complexity index is 4230. The maximum absolute atomic E-state index is 13.7. The average Bonchev–Trinajstić information content (AvgIpc) is 0.769. The van der Waals surface area contributed by atoms with Gasteiger partial charge in [0, 0.05) is 47.3 Å². The first-order chi connectivity index (χ1) is 55.7. The van der Waals surface area contributed by atoms with E-state index in [1.165, 1.54) is 11.1 Å². The Morgan fingerprint density at radius 1 is 0.238 bits per heavy atom. The quantitative estimate of drug-likeness (QED) is 0.0634. The van der Waals surface area contributed by atoms with Crippen LogP contribution >= 0.6 is 0 Å². The first-order valence-electron chi connectivity index (χ1n) is 48.5.